The fraction of sp³-hybridized carbons (Fsp3) is 0.957. The van der Waals surface area contributed by atoms with E-state index in [-0.39, 0.29) is 11.9 Å². The van der Waals surface area contributed by atoms with Gasteiger partial charge in [0.1, 0.15) is 0 Å². The van der Waals surface area contributed by atoms with E-state index >= 15 is 0 Å². The van der Waals surface area contributed by atoms with Crippen molar-refractivity contribution in [1.29, 1.82) is 0 Å². The van der Waals surface area contributed by atoms with Gasteiger partial charge in [0, 0.05) is 6.54 Å². The number of likely N-dealkylation sites (tertiary alicyclic amines) is 1. The highest BCUT2D eigenvalue weighted by atomic mass is 16.5. The van der Waals surface area contributed by atoms with Gasteiger partial charge in [-0.2, -0.15) is 0 Å². The number of rotatable bonds is 4. The lowest BCUT2D eigenvalue weighted by atomic mass is 9.64. The molecular weight excluding hydrogens is 322 g/mol. The Balaban J connectivity index is 1.41. The van der Waals surface area contributed by atoms with Crippen LogP contribution in [0.3, 0.4) is 0 Å². The molecule has 5 aliphatic rings. The van der Waals surface area contributed by atoms with Gasteiger partial charge in [0.25, 0.3) is 0 Å². The predicted octanol–water partition coefficient (Wildman–Crippen LogP) is 4.65. The molecule has 0 aromatic heterocycles. The minimum Gasteiger partial charge on any atom is -0.469 e. The number of fused-ring (bicyclic) bond motifs is 3. The number of esters is 1. The summed E-state index contributed by atoms with van der Waals surface area (Å²) in [7, 11) is 1.60. The number of hydrogen-bond donors (Lipinski definition) is 0. The standard InChI is InChI=1S/C23H37NO2/c1-21-7-8-22(9-10-22)19(21)15-17(5-6-23(21)11-12-23)18(20(25)26-2)16-24-13-3-4-14-24/h17-19H,3-16H2,1-2H3/t17?,18-,19+,21+/m0/s1. The second kappa shape index (κ2) is 5.96. The lowest BCUT2D eigenvalue weighted by Crippen LogP contribution is -2.38. The molecule has 1 aliphatic heterocycles. The van der Waals surface area contributed by atoms with Crippen molar-refractivity contribution in [1.82, 2.24) is 4.90 Å². The molecule has 0 aromatic carbocycles. The zero-order chi connectivity index (χ0) is 18.0. The molecule has 146 valence electrons. The van der Waals surface area contributed by atoms with E-state index in [0.29, 0.717) is 22.2 Å². The van der Waals surface area contributed by atoms with E-state index in [1.54, 1.807) is 7.11 Å². The minimum atomic E-state index is 0.0678. The van der Waals surface area contributed by atoms with Crippen molar-refractivity contribution in [3.05, 3.63) is 0 Å². The van der Waals surface area contributed by atoms with Crippen LogP contribution in [0.4, 0.5) is 0 Å². The Kier molecular flexibility index (Phi) is 4.02. The quantitative estimate of drug-likeness (QED) is 0.684. The number of carbonyl (C=O) groups is 1. The van der Waals surface area contributed by atoms with Gasteiger partial charge < -0.3 is 9.64 Å². The molecule has 1 heterocycles. The predicted molar refractivity (Wildman–Crippen MR) is 103 cm³/mol. The lowest BCUT2D eigenvalue weighted by molar-refractivity contribution is -0.148. The number of nitrogens with zero attached hydrogens (tertiary/aromatic N) is 1. The zero-order valence-electron chi connectivity index (χ0n) is 16.9. The molecule has 4 atom stereocenters. The number of methoxy groups -OCH3 is 1. The molecule has 2 spiro atoms. The monoisotopic (exact) mass is 359 g/mol. The van der Waals surface area contributed by atoms with Gasteiger partial charge in [0.05, 0.1) is 13.0 Å². The molecular formula is C23H37NO2. The average Bonchev–Trinajstić information content (AvgIpc) is 3.54. The Morgan fingerprint density at radius 3 is 2.38 bits per heavy atom. The highest BCUT2D eigenvalue weighted by molar-refractivity contribution is 5.73. The fourth-order valence-electron chi connectivity index (χ4n) is 7.75. The van der Waals surface area contributed by atoms with E-state index in [9.17, 15) is 4.79 Å². The highest BCUT2D eigenvalue weighted by Crippen LogP contribution is 2.79. The second-order valence-electron chi connectivity index (χ2n) is 10.8. The summed E-state index contributed by atoms with van der Waals surface area (Å²) in [5.74, 6) is 1.59. The van der Waals surface area contributed by atoms with Gasteiger partial charge in [-0.3, -0.25) is 4.79 Å². The first kappa shape index (κ1) is 17.5. The topological polar surface area (TPSA) is 29.5 Å². The smallest absolute Gasteiger partial charge is 0.310 e. The summed E-state index contributed by atoms with van der Waals surface area (Å²) in [6, 6.07) is 0. The zero-order valence-corrected chi connectivity index (χ0v) is 16.9. The largest absolute Gasteiger partial charge is 0.469 e. The van der Waals surface area contributed by atoms with Crippen molar-refractivity contribution in [2.45, 2.75) is 77.6 Å². The maximum absolute atomic E-state index is 12.8. The van der Waals surface area contributed by atoms with Crippen LogP contribution in [0.25, 0.3) is 0 Å². The molecule has 4 saturated carbocycles. The molecule has 26 heavy (non-hydrogen) atoms. The number of carbonyl (C=O) groups excluding carboxylic acids is 1. The third-order valence-electron chi connectivity index (χ3n) is 9.87. The Morgan fingerprint density at radius 1 is 1.08 bits per heavy atom. The first-order valence-electron chi connectivity index (χ1n) is 11.3. The van der Waals surface area contributed by atoms with Crippen molar-refractivity contribution < 1.29 is 9.53 Å². The maximum Gasteiger partial charge on any atom is 0.310 e. The van der Waals surface area contributed by atoms with E-state index in [1.165, 1.54) is 83.7 Å². The van der Waals surface area contributed by atoms with Crippen LogP contribution in [0.5, 0.6) is 0 Å². The van der Waals surface area contributed by atoms with Crippen LogP contribution < -0.4 is 0 Å². The Labute approximate surface area is 159 Å². The number of ether oxygens (including phenoxy) is 1. The second-order valence-corrected chi connectivity index (χ2v) is 10.8. The van der Waals surface area contributed by atoms with Crippen LogP contribution in [-0.4, -0.2) is 37.6 Å². The van der Waals surface area contributed by atoms with Gasteiger partial charge in [-0.1, -0.05) is 6.92 Å². The van der Waals surface area contributed by atoms with Gasteiger partial charge in [-0.25, -0.2) is 0 Å². The summed E-state index contributed by atoms with van der Waals surface area (Å²) in [4.78, 5) is 15.3. The van der Waals surface area contributed by atoms with Crippen LogP contribution in [0.15, 0.2) is 0 Å². The van der Waals surface area contributed by atoms with Crippen molar-refractivity contribution in [3.63, 3.8) is 0 Å². The molecule has 4 aliphatic carbocycles. The molecule has 0 N–H and O–H groups in total. The van der Waals surface area contributed by atoms with Gasteiger partial charge >= 0.3 is 5.97 Å². The van der Waals surface area contributed by atoms with E-state index in [2.05, 4.69) is 11.8 Å². The van der Waals surface area contributed by atoms with Gasteiger partial charge in [0.15, 0.2) is 0 Å². The molecule has 5 rings (SSSR count). The molecule has 3 heteroatoms. The van der Waals surface area contributed by atoms with Crippen LogP contribution in [0.2, 0.25) is 0 Å². The van der Waals surface area contributed by atoms with Crippen molar-refractivity contribution in [3.8, 4) is 0 Å². The van der Waals surface area contributed by atoms with Crippen molar-refractivity contribution in [2.24, 2.45) is 34.0 Å². The van der Waals surface area contributed by atoms with E-state index in [1.807, 2.05) is 0 Å². The van der Waals surface area contributed by atoms with E-state index in [4.69, 9.17) is 4.74 Å². The molecule has 0 bridgehead atoms. The lowest BCUT2D eigenvalue weighted by Gasteiger charge is -2.41. The summed E-state index contributed by atoms with van der Waals surface area (Å²) in [6.45, 7) is 5.94. The van der Waals surface area contributed by atoms with Crippen LogP contribution in [-0.2, 0) is 9.53 Å². The summed E-state index contributed by atoms with van der Waals surface area (Å²) >= 11 is 0. The highest BCUT2D eigenvalue weighted by Gasteiger charge is 2.70. The van der Waals surface area contributed by atoms with Gasteiger partial charge in [-0.05, 0) is 112 Å². The Morgan fingerprint density at radius 2 is 1.77 bits per heavy atom. The van der Waals surface area contributed by atoms with Crippen LogP contribution >= 0.6 is 0 Å². The molecule has 0 aromatic rings. The SMILES string of the molecule is COC(=O)[C@@H](CN1CCCC1)C1CCC2(CC2)[C@]2(C)CCC3(CC3)[C@@H]2C1. The first-order valence-corrected chi connectivity index (χ1v) is 11.3. The third-order valence-corrected chi connectivity index (χ3v) is 9.87. The molecule has 0 radical (unpaired) electrons. The maximum atomic E-state index is 12.8. The molecule has 3 nitrogen and oxygen atoms in total. The van der Waals surface area contributed by atoms with Crippen molar-refractivity contribution in [2.75, 3.05) is 26.7 Å². The summed E-state index contributed by atoms with van der Waals surface area (Å²) in [5.41, 5.74) is 1.86. The summed E-state index contributed by atoms with van der Waals surface area (Å²) in [5, 5.41) is 0. The van der Waals surface area contributed by atoms with Crippen LogP contribution in [0.1, 0.15) is 77.6 Å². The van der Waals surface area contributed by atoms with Crippen molar-refractivity contribution >= 4 is 5.97 Å². The Bertz CT molecular complexity index is 573. The molecule has 0 amide bonds. The van der Waals surface area contributed by atoms with E-state index < -0.39 is 0 Å². The fourth-order valence-corrected chi connectivity index (χ4v) is 7.75. The average molecular weight is 360 g/mol. The number of hydrogen-bond acceptors (Lipinski definition) is 3. The molecule has 1 saturated heterocycles. The van der Waals surface area contributed by atoms with Gasteiger partial charge in [-0.15, -0.1) is 0 Å². The normalized spacial score (nSPS) is 41.0. The Hall–Kier alpha value is -0.570. The van der Waals surface area contributed by atoms with Gasteiger partial charge in [0.2, 0.25) is 0 Å². The molecule has 5 fully saturated rings. The first-order chi connectivity index (χ1) is 12.5. The van der Waals surface area contributed by atoms with E-state index in [0.717, 1.165) is 12.5 Å². The van der Waals surface area contributed by atoms with Crippen LogP contribution in [0, 0.1) is 34.0 Å². The third kappa shape index (κ3) is 2.52. The minimum absolute atomic E-state index is 0.0678. The molecule has 1 unspecified atom stereocenters. The summed E-state index contributed by atoms with van der Waals surface area (Å²) in [6.07, 6.45) is 15.3. The summed E-state index contributed by atoms with van der Waals surface area (Å²) < 4.78 is 5.32.